The van der Waals surface area contributed by atoms with Crippen molar-refractivity contribution in [2.75, 3.05) is 6.61 Å². The van der Waals surface area contributed by atoms with Gasteiger partial charge in [-0.05, 0) is 37.1 Å². The second-order valence-corrected chi connectivity index (χ2v) is 4.39. The first-order valence-electron chi connectivity index (χ1n) is 6.54. The molecular weight excluding hydrogens is 277 g/mol. The van der Waals surface area contributed by atoms with Crippen LogP contribution in [0.2, 0.25) is 0 Å². The van der Waals surface area contributed by atoms with E-state index in [4.69, 9.17) is 9.84 Å². The summed E-state index contributed by atoms with van der Waals surface area (Å²) in [7, 11) is 0. The smallest absolute Gasteiger partial charge is 0.326 e. The lowest BCUT2D eigenvalue weighted by molar-refractivity contribution is -0.141. The summed E-state index contributed by atoms with van der Waals surface area (Å²) in [4.78, 5) is 22.4. The van der Waals surface area contributed by atoms with Crippen molar-refractivity contribution in [2.45, 2.75) is 25.3 Å². The summed E-state index contributed by atoms with van der Waals surface area (Å²) in [5.41, 5.74) is 0. The average molecular weight is 295 g/mol. The van der Waals surface area contributed by atoms with Gasteiger partial charge in [0.25, 0.3) is 0 Å². The molecule has 114 valence electrons. The Morgan fingerprint density at radius 2 is 2.05 bits per heavy atom. The molecule has 5 nitrogen and oxygen atoms in total. The second kappa shape index (κ2) is 8.73. The molecule has 0 aliphatic rings. The molecule has 21 heavy (non-hydrogen) atoms. The Hall–Kier alpha value is -2.37. The Morgan fingerprint density at radius 3 is 2.62 bits per heavy atom. The molecule has 0 fully saturated rings. The minimum Gasteiger partial charge on any atom is -0.494 e. The maximum atomic E-state index is 12.7. The van der Waals surface area contributed by atoms with E-state index in [1.807, 2.05) is 0 Å². The van der Waals surface area contributed by atoms with Crippen LogP contribution in [0.25, 0.3) is 0 Å². The third-order valence-electron chi connectivity index (χ3n) is 2.67. The zero-order valence-corrected chi connectivity index (χ0v) is 11.5. The number of rotatable bonds is 9. The quantitative estimate of drug-likeness (QED) is 0.540. The summed E-state index contributed by atoms with van der Waals surface area (Å²) in [5.74, 6) is -1.27. The van der Waals surface area contributed by atoms with Gasteiger partial charge >= 0.3 is 5.97 Å². The van der Waals surface area contributed by atoms with Crippen molar-refractivity contribution in [1.82, 2.24) is 5.32 Å². The van der Waals surface area contributed by atoms with E-state index in [-0.39, 0.29) is 31.2 Å². The van der Waals surface area contributed by atoms with Crippen molar-refractivity contribution in [2.24, 2.45) is 0 Å². The fraction of sp³-hybridized carbons (Fsp3) is 0.333. The molecule has 2 N–H and O–H groups in total. The highest BCUT2D eigenvalue weighted by Crippen LogP contribution is 2.11. The summed E-state index contributed by atoms with van der Waals surface area (Å²) in [6.45, 7) is 3.73. The van der Waals surface area contributed by atoms with Crippen LogP contribution in [-0.4, -0.2) is 29.6 Å². The zero-order chi connectivity index (χ0) is 15.7. The largest absolute Gasteiger partial charge is 0.494 e. The third kappa shape index (κ3) is 6.56. The Labute approximate surface area is 122 Å². The topological polar surface area (TPSA) is 75.6 Å². The molecule has 1 atom stereocenters. The van der Waals surface area contributed by atoms with E-state index >= 15 is 0 Å². The van der Waals surface area contributed by atoms with E-state index in [1.54, 1.807) is 0 Å². The highest BCUT2D eigenvalue weighted by atomic mass is 19.1. The second-order valence-electron chi connectivity index (χ2n) is 4.39. The highest BCUT2D eigenvalue weighted by molar-refractivity contribution is 5.83. The van der Waals surface area contributed by atoms with Crippen molar-refractivity contribution in [3.05, 3.63) is 42.7 Å². The molecule has 0 saturated heterocycles. The van der Waals surface area contributed by atoms with Gasteiger partial charge in [0.15, 0.2) is 0 Å². The van der Waals surface area contributed by atoms with Crippen LogP contribution in [0.5, 0.6) is 5.75 Å². The number of halogens is 1. The van der Waals surface area contributed by atoms with Crippen molar-refractivity contribution in [3.63, 3.8) is 0 Å². The number of carboxylic acid groups (broad SMARTS) is 1. The lowest BCUT2D eigenvalue weighted by atomic mass is 10.2. The number of aliphatic carboxylic acids is 1. The molecule has 0 spiro atoms. The van der Waals surface area contributed by atoms with Crippen molar-refractivity contribution < 1.29 is 23.8 Å². The Bertz CT molecular complexity index is 487. The standard InChI is InChI=1S/C15H18FNO4/c1-2-4-13(15(19)20)17-14(18)5-3-10-21-12-8-6-11(16)7-9-12/h2,6-9,13H,1,3-5,10H2,(H,17,18)(H,19,20). The first kappa shape index (κ1) is 16.7. The zero-order valence-electron chi connectivity index (χ0n) is 11.5. The van der Waals surface area contributed by atoms with E-state index < -0.39 is 12.0 Å². The van der Waals surface area contributed by atoms with Gasteiger partial charge in [-0.25, -0.2) is 9.18 Å². The van der Waals surface area contributed by atoms with Crippen molar-refractivity contribution in [3.8, 4) is 5.75 Å². The summed E-state index contributed by atoms with van der Waals surface area (Å²) in [6, 6.07) is 4.62. The van der Waals surface area contributed by atoms with Crippen LogP contribution >= 0.6 is 0 Å². The Kier molecular flexibility index (Phi) is 6.94. The van der Waals surface area contributed by atoms with Crippen LogP contribution in [0.3, 0.4) is 0 Å². The number of hydrogen-bond donors (Lipinski definition) is 2. The summed E-state index contributed by atoms with van der Waals surface area (Å²) >= 11 is 0. The van der Waals surface area contributed by atoms with Gasteiger partial charge in [0.05, 0.1) is 6.61 Å². The van der Waals surface area contributed by atoms with Gasteiger partial charge in [-0.1, -0.05) is 6.08 Å². The molecule has 0 bridgehead atoms. The van der Waals surface area contributed by atoms with E-state index in [2.05, 4.69) is 11.9 Å². The molecule has 0 aromatic heterocycles. The number of hydrogen-bond acceptors (Lipinski definition) is 3. The summed E-state index contributed by atoms with van der Waals surface area (Å²) < 4.78 is 18.0. The van der Waals surface area contributed by atoms with Crippen molar-refractivity contribution >= 4 is 11.9 Å². The molecule has 0 aliphatic heterocycles. The number of carboxylic acids is 1. The Morgan fingerprint density at radius 1 is 1.38 bits per heavy atom. The van der Waals surface area contributed by atoms with Crippen LogP contribution in [0.4, 0.5) is 4.39 Å². The molecule has 1 unspecified atom stereocenters. The molecular formula is C15H18FNO4. The van der Waals surface area contributed by atoms with Crippen LogP contribution < -0.4 is 10.1 Å². The normalized spacial score (nSPS) is 11.5. The van der Waals surface area contributed by atoms with Crippen LogP contribution in [0, 0.1) is 5.82 Å². The minimum atomic E-state index is -1.09. The van der Waals surface area contributed by atoms with Gasteiger partial charge in [0.2, 0.25) is 5.91 Å². The van der Waals surface area contributed by atoms with Crippen molar-refractivity contribution in [1.29, 1.82) is 0 Å². The number of carbonyl (C=O) groups is 2. The number of benzene rings is 1. The van der Waals surface area contributed by atoms with Crippen LogP contribution in [-0.2, 0) is 9.59 Å². The molecule has 1 aromatic carbocycles. The van der Waals surface area contributed by atoms with Crippen LogP contribution in [0.1, 0.15) is 19.3 Å². The molecule has 0 heterocycles. The molecule has 1 aromatic rings. The van der Waals surface area contributed by atoms with Gasteiger partial charge in [-0.2, -0.15) is 0 Å². The average Bonchev–Trinajstić information content (AvgIpc) is 2.45. The fourth-order valence-corrected chi connectivity index (χ4v) is 1.61. The van der Waals surface area contributed by atoms with E-state index in [1.165, 1.54) is 30.3 Å². The molecule has 1 rings (SSSR count). The van der Waals surface area contributed by atoms with Gasteiger partial charge < -0.3 is 15.2 Å². The van der Waals surface area contributed by atoms with E-state index in [9.17, 15) is 14.0 Å². The molecule has 0 radical (unpaired) electrons. The first-order chi connectivity index (χ1) is 10.0. The van der Waals surface area contributed by atoms with Gasteiger partial charge in [-0.15, -0.1) is 6.58 Å². The lowest BCUT2D eigenvalue weighted by Crippen LogP contribution is -2.40. The molecule has 0 saturated carbocycles. The predicted octanol–water partition coefficient (Wildman–Crippen LogP) is 2.13. The van der Waals surface area contributed by atoms with Gasteiger partial charge in [-0.3, -0.25) is 4.79 Å². The van der Waals surface area contributed by atoms with E-state index in [0.29, 0.717) is 12.2 Å². The van der Waals surface area contributed by atoms with E-state index in [0.717, 1.165) is 0 Å². The lowest BCUT2D eigenvalue weighted by Gasteiger charge is -2.12. The number of ether oxygens (including phenoxy) is 1. The molecule has 6 heteroatoms. The minimum absolute atomic E-state index is 0.155. The SMILES string of the molecule is C=CCC(NC(=O)CCCOc1ccc(F)cc1)C(=O)O. The third-order valence-corrected chi connectivity index (χ3v) is 2.67. The van der Waals surface area contributed by atoms with Gasteiger partial charge in [0.1, 0.15) is 17.6 Å². The molecule has 1 amide bonds. The monoisotopic (exact) mass is 295 g/mol. The van der Waals surface area contributed by atoms with Crippen LogP contribution in [0.15, 0.2) is 36.9 Å². The summed E-state index contributed by atoms with van der Waals surface area (Å²) in [6.07, 6.45) is 2.20. The number of amides is 1. The number of nitrogens with one attached hydrogen (secondary N) is 1. The summed E-state index contributed by atoms with van der Waals surface area (Å²) in [5, 5.41) is 11.3. The first-order valence-corrected chi connectivity index (χ1v) is 6.54. The molecule has 0 aliphatic carbocycles. The van der Waals surface area contributed by atoms with Gasteiger partial charge in [0, 0.05) is 6.42 Å². The Balaban J connectivity index is 2.25. The highest BCUT2D eigenvalue weighted by Gasteiger charge is 2.17. The predicted molar refractivity (Wildman–Crippen MR) is 75.5 cm³/mol. The number of carbonyl (C=O) groups excluding carboxylic acids is 1. The fourth-order valence-electron chi connectivity index (χ4n) is 1.61. The maximum Gasteiger partial charge on any atom is 0.326 e. The maximum absolute atomic E-state index is 12.7.